The van der Waals surface area contributed by atoms with Gasteiger partial charge in [0.1, 0.15) is 11.5 Å². The van der Waals surface area contributed by atoms with Crippen molar-refractivity contribution in [2.24, 2.45) is 5.92 Å². The molecule has 0 bridgehead atoms. The highest BCUT2D eigenvalue weighted by Crippen LogP contribution is 2.33. The molecule has 1 aliphatic heterocycles. The van der Waals surface area contributed by atoms with E-state index in [-0.39, 0.29) is 36.7 Å². The number of benzene rings is 1. The Bertz CT molecular complexity index is 604. The van der Waals surface area contributed by atoms with Crippen molar-refractivity contribution < 1.29 is 23.0 Å². The molecule has 0 radical (unpaired) electrons. The summed E-state index contributed by atoms with van der Waals surface area (Å²) in [5.41, 5.74) is 0.461. The van der Waals surface area contributed by atoms with E-state index in [9.17, 15) is 13.6 Å². The van der Waals surface area contributed by atoms with E-state index in [4.69, 9.17) is 4.74 Å². The van der Waals surface area contributed by atoms with Gasteiger partial charge < -0.3 is 20.1 Å². The molecule has 146 valence electrons. The van der Waals surface area contributed by atoms with Crippen molar-refractivity contribution in [3.8, 4) is 11.5 Å². The lowest BCUT2D eigenvalue weighted by Gasteiger charge is -2.24. The van der Waals surface area contributed by atoms with Gasteiger partial charge in [0.25, 0.3) is 0 Å². The van der Waals surface area contributed by atoms with Crippen molar-refractivity contribution >= 4 is 18.3 Å². The van der Waals surface area contributed by atoms with E-state index in [1.807, 2.05) is 0 Å². The molecule has 3 atom stereocenters. The Morgan fingerprint density at radius 1 is 1.35 bits per heavy atom. The SMILES string of the molecule is COc1ccc(OC(F)F)c(CNC(=O)C2CC3CCCCC3N2)c1.Cl. The fourth-order valence-corrected chi connectivity index (χ4v) is 3.86. The normalized spacial score (nSPS) is 24.5. The van der Waals surface area contributed by atoms with Crippen LogP contribution in [0, 0.1) is 5.92 Å². The number of hydrogen-bond donors (Lipinski definition) is 2. The zero-order valence-electron chi connectivity index (χ0n) is 14.7. The topological polar surface area (TPSA) is 59.6 Å². The van der Waals surface area contributed by atoms with Crippen LogP contribution in [0.15, 0.2) is 18.2 Å². The molecule has 2 fully saturated rings. The number of alkyl halides is 2. The Balaban J connectivity index is 0.00000243. The number of halogens is 3. The largest absolute Gasteiger partial charge is 0.497 e. The third-order valence-corrected chi connectivity index (χ3v) is 5.12. The quantitative estimate of drug-likeness (QED) is 0.782. The predicted molar refractivity (Wildman–Crippen MR) is 96.0 cm³/mol. The first-order valence-electron chi connectivity index (χ1n) is 8.72. The Hall–Kier alpha value is -1.60. The minimum atomic E-state index is -2.91. The van der Waals surface area contributed by atoms with Crippen LogP contribution in [0.1, 0.15) is 37.7 Å². The van der Waals surface area contributed by atoms with Crippen LogP contribution in [0.5, 0.6) is 11.5 Å². The average molecular weight is 391 g/mol. The minimum absolute atomic E-state index is 0. The van der Waals surface area contributed by atoms with E-state index < -0.39 is 6.61 Å². The molecule has 1 aromatic carbocycles. The zero-order chi connectivity index (χ0) is 17.8. The summed E-state index contributed by atoms with van der Waals surface area (Å²) in [7, 11) is 1.50. The lowest BCUT2D eigenvalue weighted by atomic mass is 9.85. The molecule has 1 aromatic rings. The van der Waals surface area contributed by atoms with Crippen LogP contribution >= 0.6 is 12.4 Å². The van der Waals surface area contributed by atoms with E-state index in [1.165, 1.54) is 32.4 Å². The van der Waals surface area contributed by atoms with Gasteiger partial charge in [0.05, 0.1) is 13.2 Å². The molecule has 0 aromatic heterocycles. The highest BCUT2D eigenvalue weighted by molar-refractivity contribution is 5.85. The predicted octanol–water partition coefficient (Wildman–Crippen LogP) is 3.26. The summed E-state index contributed by atoms with van der Waals surface area (Å²) in [6, 6.07) is 4.79. The highest BCUT2D eigenvalue weighted by atomic mass is 35.5. The molecule has 1 aliphatic carbocycles. The average Bonchev–Trinajstić information content (AvgIpc) is 3.04. The van der Waals surface area contributed by atoms with Crippen LogP contribution in [0.4, 0.5) is 8.78 Å². The van der Waals surface area contributed by atoms with Gasteiger partial charge in [-0.05, 0) is 43.4 Å². The van der Waals surface area contributed by atoms with Crippen LogP contribution < -0.4 is 20.1 Å². The maximum Gasteiger partial charge on any atom is 0.387 e. The lowest BCUT2D eigenvalue weighted by Crippen LogP contribution is -2.42. The van der Waals surface area contributed by atoms with Crippen LogP contribution in [-0.2, 0) is 11.3 Å². The zero-order valence-corrected chi connectivity index (χ0v) is 15.5. The molecule has 1 heterocycles. The minimum Gasteiger partial charge on any atom is -0.497 e. The van der Waals surface area contributed by atoms with Crippen LogP contribution in [-0.4, -0.2) is 31.7 Å². The summed E-state index contributed by atoms with van der Waals surface area (Å²) in [4.78, 5) is 12.5. The number of rotatable bonds is 6. The molecule has 3 rings (SSSR count). The van der Waals surface area contributed by atoms with Crippen LogP contribution in [0.3, 0.4) is 0 Å². The van der Waals surface area contributed by atoms with E-state index in [0.717, 1.165) is 12.8 Å². The van der Waals surface area contributed by atoms with Crippen molar-refractivity contribution in [3.63, 3.8) is 0 Å². The molecule has 1 saturated carbocycles. The number of methoxy groups -OCH3 is 1. The molecule has 0 spiro atoms. The Kier molecular flexibility index (Phi) is 7.46. The Morgan fingerprint density at radius 2 is 2.12 bits per heavy atom. The Morgan fingerprint density at radius 3 is 2.81 bits per heavy atom. The van der Waals surface area contributed by atoms with Gasteiger partial charge in [0, 0.05) is 18.2 Å². The van der Waals surface area contributed by atoms with Gasteiger partial charge in [-0.15, -0.1) is 12.4 Å². The summed E-state index contributed by atoms with van der Waals surface area (Å²) < 4.78 is 34.7. The van der Waals surface area contributed by atoms with Gasteiger partial charge >= 0.3 is 6.61 Å². The summed E-state index contributed by atoms with van der Waals surface area (Å²) >= 11 is 0. The second-order valence-corrected chi connectivity index (χ2v) is 6.68. The first kappa shape index (κ1) is 20.7. The summed E-state index contributed by atoms with van der Waals surface area (Å²) in [6.07, 6.45) is 5.57. The molecule has 3 unspecified atom stereocenters. The van der Waals surface area contributed by atoms with Crippen molar-refractivity contribution in [3.05, 3.63) is 23.8 Å². The molecule has 1 amide bonds. The number of ether oxygens (including phenoxy) is 2. The number of fused-ring (bicyclic) bond motifs is 1. The summed E-state index contributed by atoms with van der Waals surface area (Å²) in [6.45, 7) is -2.80. The van der Waals surface area contributed by atoms with E-state index >= 15 is 0 Å². The number of hydrogen-bond acceptors (Lipinski definition) is 4. The highest BCUT2D eigenvalue weighted by Gasteiger charge is 2.38. The van der Waals surface area contributed by atoms with Gasteiger partial charge in [-0.2, -0.15) is 8.78 Å². The van der Waals surface area contributed by atoms with Gasteiger partial charge in [-0.1, -0.05) is 12.8 Å². The number of amides is 1. The van der Waals surface area contributed by atoms with Crippen molar-refractivity contribution in [2.45, 2.75) is 57.3 Å². The third-order valence-electron chi connectivity index (χ3n) is 5.12. The van der Waals surface area contributed by atoms with Gasteiger partial charge in [-0.3, -0.25) is 4.79 Å². The maximum atomic E-state index is 12.5. The Labute approximate surface area is 158 Å². The van der Waals surface area contributed by atoms with Crippen molar-refractivity contribution in [1.29, 1.82) is 0 Å². The molecule has 8 heteroatoms. The number of carbonyl (C=O) groups is 1. The van der Waals surface area contributed by atoms with E-state index in [1.54, 1.807) is 12.1 Å². The first-order valence-corrected chi connectivity index (χ1v) is 8.72. The van der Waals surface area contributed by atoms with Gasteiger partial charge in [0.15, 0.2) is 0 Å². The number of carbonyl (C=O) groups excluding carboxylic acids is 1. The monoisotopic (exact) mass is 390 g/mol. The van der Waals surface area contributed by atoms with Crippen molar-refractivity contribution in [2.75, 3.05) is 7.11 Å². The molecule has 2 N–H and O–H groups in total. The summed E-state index contributed by atoms with van der Waals surface area (Å²) in [5.74, 6) is 1.04. The summed E-state index contributed by atoms with van der Waals surface area (Å²) in [5, 5.41) is 6.24. The van der Waals surface area contributed by atoms with Crippen molar-refractivity contribution in [1.82, 2.24) is 10.6 Å². The lowest BCUT2D eigenvalue weighted by molar-refractivity contribution is -0.123. The van der Waals surface area contributed by atoms with Gasteiger partial charge in [-0.25, -0.2) is 0 Å². The fraction of sp³-hybridized carbons (Fsp3) is 0.611. The molecule has 26 heavy (non-hydrogen) atoms. The third kappa shape index (κ3) is 4.98. The standard InChI is InChI=1S/C18H24F2N2O3.ClH/c1-24-13-6-7-16(25-18(19)20)12(8-13)10-21-17(23)15-9-11-4-2-3-5-14(11)22-15;/h6-8,11,14-15,18,22H,2-5,9-10H2,1H3,(H,21,23);1H. The van der Waals surface area contributed by atoms with Gasteiger partial charge in [0.2, 0.25) is 5.91 Å². The molecule has 2 aliphatic rings. The molecule has 5 nitrogen and oxygen atoms in total. The molecule has 1 saturated heterocycles. The molecular weight excluding hydrogens is 366 g/mol. The first-order chi connectivity index (χ1) is 12.1. The van der Waals surface area contributed by atoms with E-state index in [0.29, 0.717) is 23.3 Å². The molecular formula is C18H25ClF2N2O3. The second kappa shape index (κ2) is 9.37. The van der Waals surface area contributed by atoms with Crippen LogP contribution in [0.25, 0.3) is 0 Å². The number of nitrogens with one attached hydrogen (secondary N) is 2. The second-order valence-electron chi connectivity index (χ2n) is 6.68. The fourth-order valence-electron chi connectivity index (χ4n) is 3.86. The van der Waals surface area contributed by atoms with Crippen LogP contribution in [0.2, 0.25) is 0 Å². The maximum absolute atomic E-state index is 12.5. The van der Waals surface area contributed by atoms with E-state index in [2.05, 4.69) is 15.4 Å². The smallest absolute Gasteiger partial charge is 0.387 e.